The van der Waals surface area contributed by atoms with Crippen molar-refractivity contribution in [3.05, 3.63) is 0 Å². The molecule has 1 rings (SSSR count). The second-order valence-electron chi connectivity index (χ2n) is 3.59. The number of nitrogens with zero attached hydrogens (tertiary/aromatic N) is 1. The highest BCUT2D eigenvalue weighted by Crippen LogP contribution is 2.21. The smallest absolute Gasteiger partial charge is 0.182 e. The minimum absolute atomic E-state index is 0. The normalized spacial score (nSPS) is 40.2. The van der Waals surface area contributed by atoms with Crippen molar-refractivity contribution in [1.82, 2.24) is 4.90 Å². The molecule has 5 heteroatoms. The van der Waals surface area contributed by atoms with E-state index >= 15 is 0 Å². The molecule has 1 aliphatic rings. The Balaban J connectivity index is 0.00000144. The first-order valence-corrected chi connectivity index (χ1v) is 4.20. The van der Waals surface area contributed by atoms with Crippen LogP contribution >= 0.6 is 12.4 Å². The molecule has 0 aromatic rings. The molecule has 80 valence electrons. The molecule has 1 unspecified atom stereocenters. The summed E-state index contributed by atoms with van der Waals surface area (Å²) in [4.78, 5) is 1.91. The second kappa shape index (κ2) is 5.12. The molecule has 0 radical (unpaired) electrons. The molecule has 0 spiro atoms. The number of aliphatic hydroxyl groups is 2. The van der Waals surface area contributed by atoms with E-state index < -0.39 is 12.4 Å². The number of aliphatic hydroxyl groups excluding tert-OH is 2. The van der Waals surface area contributed by atoms with E-state index in [-0.39, 0.29) is 24.6 Å². The van der Waals surface area contributed by atoms with E-state index in [1.807, 2.05) is 25.9 Å². The molecule has 2 N–H and O–H groups in total. The van der Waals surface area contributed by atoms with Gasteiger partial charge in [0.2, 0.25) is 0 Å². The quantitative estimate of drug-likeness (QED) is 0.632. The van der Waals surface area contributed by atoms with Gasteiger partial charge >= 0.3 is 0 Å². The van der Waals surface area contributed by atoms with Gasteiger partial charge in [-0.3, -0.25) is 0 Å². The number of likely N-dealkylation sites (N-methyl/N-ethyl adjacent to an activating group) is 1. The Kier molecular flexibility index (Phi) is 5.17. The third-order valence-electron chi connectivity index (χ3n) is 2.29. The maximum Gasteiger partial charge on any atom is 0.182 e. The fourth-order valence-electron chi connectivity index (χ4n) is 1.56. The molecule has 1 fully saturated rings. The van der Waals surface area contributed by atoms with Crippen LogP contribution in [0.4, 0.5) is 0 Å². The van der Waals surface area contributed by atoms with Gasteiger partial charge in [-0.05, 0) is 27.4 Å². The van der Waals surface area contributed by atoms with E-state index in [1.165, 1.54) is 0 Å². The van der Waals surface area contributed by atoms with Crippen LogP contribution in [0, 0.1) is 0 Å². The molecule has 0 aromatic carbocycles. The monoisotopic (exact) mass is 211 g/mol. The zero-order chi connectivity index (χ0) is 9.30. The van der Waals surface area contributed by atoms with Crippen LogP contribution < -0.4 is 0 Å². The second-order valence-corrected chi connectivity index (χ2v) is 3.59. The summed E-state index contributed by atoms with van der Waals surface area (Å²) in [6, 6.07) is -0.0104. The highest BCUT2D eigenvalue weighted by Gasteiger charge is 2.35. The van der Waals surface area contributed by atoms with Gasteiger partial charge in [0, 0.05) is 6.04 Å². The highest BCUT2D eigenvalue weighted by atomic mass is 35.5. The predicted octanol–water partition coefficient (Wildman–Crippen LogP) is -0.174. The first-order chi connectivity index (χ1) is 5.52. The fourth-order valence-corrected chi connectivity index (χ4v) is 1.56. The van der Waals surface area contributed by atoms with Crippen molar-refractivity contribution in [2.75, 3.05) is 14.1 Å². The zero-order valence-corrected chi connectivity index (χ0v) is 8.99. The van der Waals surface area contributed by atoms with Crippen LogP contribution in [0.15, 0.2) is 0 Å². The number of rotatable bonds is 1. The molecule has 1 aliphatic heterocycles. The third kappa shape index (κ3) is 3.07. The Morgan fingerprint density at radius 3 is 2.31 bits per heavy atom. The average Bonchev–Trinajstić information content (AvgIpc) is 1.96. The summed E-state index contributed by atoms with van der Waals surface area (Å²) in [6.07, 6.45) is -1.07. The van der Waals surface area contributed by atoms with Crippen molar-refractivity contribution in [3.8, 4) is 0 Å². The first-order valence-electron chi connectivity index (χ1n) is 4.20. The SMILES string of the molecule is C[C@@H]1C[C@H](N(C)C)[C@@H](O)C(O)O1.Cl. The van der Waals surface area contributed by atoms with E-state index in [0.29, 0.717) is 0 Å². The molecule has 1 heterocycles. The fraction of sp³-hybridized carbons (Fsp3) is 1.00. The summed E-state index contributed by atoms with van der Waals surface area (Å²) in [5.41, 5.74) is 0. The van der Waals surface area contributed by atoms with Crippen molar-refractivity contribution in [2.45, 2.75) is 37.9 Å². The number of hydrogen-bond acceptors (Lipinski definition) is 4. The van der Waals surface area contributed by atoms with Crippen LogP contribution in [-0.2, 0) is 4.74 Å². The van der Waals surface area contributed by atoms with Crippen molar-refractivity contribution in [2.24, 2.45) is 0 Å². The number of halogens is 1. The van der Waals surface area contributed by atoms with Crippen LogP contribution in [0.2, 0.25) is 0 Å². The molecule has 4 nitrogen and oxygen atoms in total. The van der Waals surface area contributed by atoms with Gasteiger partial charge < -0.3 is 19.8 Å². The van der Waals surface area contributed by atoms with Gasteiger partial charge in [0.05, 0.1) is 6.10 Å². The van der Waals surface area contributed by atoms with E-state index in [9.17, 15) is 10.2 Å². The highest BCUT2D eigenvalue weighted by molar-refractivity contribution is 5.85. The molecule has 4 atom stereocenters. The molecule has 1 saturated heterocycles. The summed E-state index contributed by atoms with van der Waals surface area (Å²) < 4.78 is 5.06. The predicted molar refractivity (Wildman–Crippen MR) is 51.9 cm³/mol. The maximum absolute atomic E-state index is 9.51. The Labute approximate surface area is 84.9 Å². The summed E-state index contributed by atoms with van der Waals surface area (Å²) >= 11 is 0. The lowest BCUT2D eigenvalue weighted by Gasteiger charge is -2.38. The summed E-state index contributed by atoms with van der Waals surface area (Å²) in [5.74, 6) is 0. The van der Waals surface area contributed by atoms with Crippen molar-refractivity contribution < 1.29 is 14.9 Å². The van der Waals surface area contributed by atoms with Gasteiger partial charge in [-0.25, -0.2) is 0 Å². The Hall–Kier alpha value is 0.130. The molecule has 13 heavy (non-hydrogen) atoms. The van der Waals surface area contributed by atoms with Crippen LogP contribution in [0.1, 0.15) is 13.3 Å². The third-order valence-corrected chi connectivity index (χ3v) is 2.29. The Morgan fingerprint density at radius 2 is 1.85 bits per heavy atom. The van der Waals surface area contributed by atoms with Gasteiger partial charge in [-0.2, -0.15) is 0 Å². The molecule has 0 aromatic heterocycles. The first kappa shape index (κ1) is 13.1. The molecule has 0 aliphatic carbocycles. The van der Waals surface area contributed by atoms with E-state index in [4.69, 9.17) is 4.74 Å². The number of hydrogen-bond donors (Lipinski definition) is 2. The van der Waals surface area contributed by atoms with Gasteiger partial charge in [-0.1, -0.05) is 0 Å². The van der Waals surface area contributed by atoms with Crippen molar-refractivity contribution >= 4 is 12.4 Å². The molecule has 0 amide bonds. The van der Waals surface area contributed by atoms with Crippen LogP contribution in [0.25, 0.3) is 0 Å². The zero-order valence-electron chi connectivity index (χ0n) is 8.17. The van der Waals surface area contributed by atoms with E-state index in [1.54, 1.807) is 0 Å². The lowest BCUT2D eigenvalue weighted by molar-refractivity contribution is -0.230. The Bertz CT molecular complexity index is 156. The van der Waals surface area contributed by atoms with E-state index in [0.717, 1.165) is 6.42 Å². The lowest BCUT2D eigenvalue weighted by atomic mass is 9.99. The largest absolute Gasteiger partial charge is 0.386 e. The minimum atomic E-state index is -1.04. The van der Waals surface area contributed by atoms with E-state index in [2.05, 4.69) is 0 Å². The average molecular weight is 212 g/mol. The standard InChI is InChI=1S/C8H17NO3.ClH/c1-5-4-6(9(2)3)7(10)8(11)12-5;/h5-8,10-11H,4H2,1-3H3;1H/t5-,6+,7-,8?;/m1./s1. The summed E-state index contributed by atoms with van der Waals surface area (Å²) in [6.45, 7) is 1.89. The summed E-state index contributed by atoms with van der Waals surface area (Å²) in [7, 11) is 3.78. The van der Waals surface area contributed by atoms with Gasteiger partial charge in [0.1, 0.15) is 6.10 Å². The molecule has 0 saturated carbocycles. The van der Waals surface area contributed by atoms with Crippen molar-refractivity contribution in [3.63, 3.8) is 0 Å². The topological polar surface area (TPSA) is 52.9 Å². The Morgan fingerprint density at radius 1 is 1.31 bits per heavy atom. The molecular weight excluding hydrogens is 194 g/mol. The number of ether oxygens (including phenoxy) is 1. The maximum atomic E-state index is 9.51. The van der Waals surface area contributed by atoms with Crippen LogP contribution in [-0.4, -0.2) is 53.7 Å². The summed E-state index contributed by atoms with van der Waals surface area (Å²) in [5, 5.41) is 18.8. The van der Waals surface area contributed by atoms with Crippen LogP contribution in [0.5, 0.6) is 0 Å². The molecule has 0 bridgehead atoms. The van der Waals surface area contributed by atoms with Gasteiger partial charge in [-0.15, -0.1) is 12.4 Å². The van der Waals surface area contributed by atoms with Crippen molar-refractivity contribution in [1.29, 1.82) is 0 Å². The lowest BCUT2D eigenvalue weighted by Crippen LogP contribution is -2.53. The van der Waals surface area contributed by atoms with Crippen LogP contribution in [0.3, 0.4) is 0 Å². The minimum Gasteiger partial charge on any atom is -0.386 e. The molecular formula is C8H18ClNO3. The van der Waals surface area contributed by atoms with Gasteiger partial charge in [0.15, 0.2) is 6.29 Å². The van der Waals surface area contributed by atoms with Gasteiger partial charge in [0.25, 0.3) is 0 Å².